The second kappa shape index (κ2) is 8.22. The van der Waals surface area contributed by atoms with Crippen LogP contribution in [0.3, 0.4) is 0 Å². The number of nitrogens with one attached hydrogen (secondary N) is 1. The average Bonchev–Trinajstić information content (AvgIpc) is 2.36. The Kier molecular flexibility index (Phi) is 6.94. The number of anilines is 1. The van der Waals surface area contributed by atoms with E-state index in [1.807, 2.05) is 19.1 Å². The van der Waals surface area contributed by atoms with Crippen molar-refractivity contribution in [1.29, 1.82) is 0 Å². The van der Waals surface area contributed by atoms with E-state index < -0.39 is 13.0 Å². The Morgan fingerprint density at radius 2 is 2.21 bits per heavy atom. The minimum atomic E-state index is -2.50. The number of rotatable bonds is 7. The normalized spacial score (nSPS) is 10.8. The summed E-state index contributed by atoms with van der Waals surface area (Å²) in [5.74, 6) is -0.244. The SMILES string of the molecule is CCc1cc(Br)ccc1NC(=O)CCOCC(F)F. The molecule has 6 heteroatoms. The van der Waals surface area contributed by atoms with Crippen LogP contribution in [-0.2, 0) is 16.0 Å². The zero-order valence-corrected chi connectivity index (χ0v) is 12.2. The molecule has 1 aromatic rings. The molecule has 0 unspecified atom stereocenters. The molecule has 106 valence electrons. The van der Waals surface area contributed by atoms with Gasteiger partial charge >= 0.3 is 0 Å². The fraction of sp³-hybridized carbons (Fsp3) is 0.462. The van der Waals surface area contributed by atoms with Crippen molar-refractivity contribution < 1.29 is 18.3 Å². The minimum absolute atomic E-state index is 0.00579. The molecule has 1 N–H and O–H groups in total. The van der Waals surface area contributed by atoms with Crippen molar-refractivity contribution in [2.24, 2.45) is 0 Å². The number of hydrogen-bond donors (Lipinski definition) is 1. The molecule has 0 spiro atoms. The topological polar surface area (TPSA) is 38.3 Å². The van der Waals surface area contributed by atoms with Gasteiger partial charge in [0.25, 0.3) is 6.43 Å². The third kappa shape index (κ3) is 6.11. The lowest BCUT2D eigenvalue weighted by molar-refractivity contribution is -0.117. The Balaban J connectivity index is 2.44. The molecule has 0 aliphatic heterocycles. The van der Waals surface area contributed by atoms with E-state index in [2.05, 4.69) is 26.0 Å². The highest BCUT2D eigenvalue weighted by molar-refractivity contribution is 9.10. The van der Waals surface area contributed by atoms with E-state index in [9.17, 15) is 13.6 Å². The standard InChI is InChI=1S/C13H16BrF2NO2/c1-2-9-7-10(14)3-4-11(9)17-13(18)5-6-19-8-12(15)16/h3-4,7,12H,2,5-6,8H2,1H3,(H,17,18). The van der Waals surface area contributed by atoms with Gasteiger partial charge in [0.05, 0.1) is 13.0 Å². The van der Waals surface area contributed by atoms with E-state index in [4.69, 9.17) is 0 Å². The van der Waals surface area contributed by atoms with Gasteiger partial charge in [-0.05, 0) is 30.2 Å². The molecular formula is C13H16BrF2NO2. The molecule has 0 saturated heterocycles. The molecule has 0 radical (unpaired) electrons. The zero-order valence-electron chi connectivity index (χ0n) is 10.6. The average molecular weight is 336 g/mol. The predicted octanol–water partition coefficient (Wildman–Crippen LogP) is 3.62. The van der Waals surface area contributed by atoms with Crippen LogP contribution in [0, 0.1) is 0 Å². The molecule has 0 aliphatic carbocycles. The third-order valence-corrected chi connectivity index (χ3v) is 2.93. The van der Waals surface area contributed by atoms with Crippen molar-refractivity contribution in [1.82, 2.24) is 0 Å². The van der Waals surface area contributed by atoms with Crippen molar-refractivity contribution in [3.05, 3.63) is 28.2 Å². The van der Waals surface area contributed by atoms with Crippen LogP contribution in [0.15, 0.2) is 22.7 Å². The van der Waals surface area contributed by atoms with Gasteiger partial charge in [-0.25, -0.2) is 8.78 Å². The Morgan fingerprint density at radius 3 is 2.84 bits per heavy atom. The number of benzene rings is 1. The molecule has 0 heterocycles. The number of hydrogen-bond acceptors (Lipinski definition) is 2. The molecule has 19 heavy (non-hydrogen) atoms. The van der Waals surface area contributed by atoms with E-state index in [0.29, 0.717) is 0 Å². The van der Waals surface area contributed by atoms with Gasteiger partial charge in [-0.3, -0.25) is 4.79 Å². The van der Waals surface area contributed by atoms with Gasteiger partial charge in [0.2, 0.25) is 5.91 Å². The van der Waals surface area contributed by atoms with Crippen molar-refractivity contribution in [2.45, 2.75) is 26.2 Å². The molecule has 1 rings (SSSR count). The van der Waals surface area contributed by atoms with Crippen LogP contribution in [0.1, 0.15) is 18.9 Å². The smallest absolute Gasteiger partial charge is 0.261 e. The van der Waals surface area contributed by atoms with Gasteiger partial charge in [-0.15, -0.1) is 0 Å². The highest BCUT2D eigenvalue weighted by Crippen LogP contribution is 2.21. The van der Waals surface area contributed by atoms with Gasteiger partial charge in [-0.1, -0.05) is 22.9 Å². The Morgan fingerprint density at radius 1 is 1.47 bits per heavy atom. The quantitative estimate of drug-likeness (QED) is 0.773. The summed E-state index contributed by atoms with van der Waals surface area (Å²) in [4.78, 5) is 11.6. The highest BCUT2D eigenvalue weighted by atomic mass is 79.9. The van der Waals surface area contributed by atoms with Crippen LogP contribution in [-0.4, -0.2) is 25.5 Å². The Hall–Kier alpha value is -1.01. The number of carbonyl (C=O) groups is 1. The number of amides is 1. The summed E-state index contributed by atoms with van der Waals surface area (Å²) >= 11 is 3.36. The van der Waals surface area contributed by atoms with Crippen molar-refractivity contribution in [3.8, 4) is 0 Å². The number of aryl methyl sites for hydroxylation is 1. The van der Waals surface area contributed by atoms with Crippen molar-refractivity contribution >= 4 is 27.5 Å². The maximum Gasteiger partial charge on any atom is 0.261 e. The summed E-state index contributed by atoms with van der Waals surface area (Å²) in [6.07, 6.45) is -1.65. The van der Waals surface area contributed by atoms with Crippen molar-refractivity contribution in [2.75, 3.05) is 18.5 Å². The fourth-order valence-electron chi connectivity index (χ4n) is 1.53. The summed E-state index contributed by atoms with van der Waals surface area (Å²) in [6, 6.07) is 5.58. The van der Waals surface area contributed by atoms with Gasteiger partial charge in [-0.2, -0.15) is 0 Å². The molecule has 1 amide bonds. The first-order valence-electron chi connectivity index (χ1n) is 5.97. The first-order chi connectivity index (χ1) is 9.02. The van der Waals surface area contributed by atoms with Crippen LogP contribution in [0.25, 0.3) is 0 Å². The summed E-state index contributed by atoms with van der Waals surface area (Å²) in [5, 5.41) is 2.75. The molecule has 3 nitrogen and oxygen atoms in total. The van der Waals surface area contributed by atoms with Gasteiger partial charge in [0, 0.05) is 10.2 Å². The second-order valence-electron chi connectivity index (χ2n) is 3.92. The lowest BCUT2D eigenvalue weighted by Crippen LogP contribution is -2.16. The number of ether oxygens (including phenoxy) is 1. The lowest BCUT2D eigenvalue weighted by Gasteiger charge is -2.10. The zero-order chi connectivity index (χ0) is 14.3. The van der Waals surface area contributed by atoms with E-state index in [-0.39, 0.29) is 18.9 Å². The summed E-state index contributed by atoms with van der Waals surface area (Å²) < 4.78 is 29.2. The van der Waals surface area contributed by atoms with Crippen LogP contribution < -0.4 is 5.32 Å². The van der Waals surface area contributed by atoms with Gasteiger partial charge in [0.1, 0.15) is 6.61 Å². The monoisotopic (exact) mass is 335 g/mol. The maximum atomic E-state index is 11.8. The molecule has 0 bridgehead atoms. The Labute approximate surface area is 119 Å². The number of halogens is 3. The van der Waals surface area contributed by atoms with E-state index in [0.717, 1.165) is 22.1 Å². The number of alkyl halides is 2. The van der Waals surface area contributed by atoms with E-state index in [1.54, 1.807) is 6.07 Å². The van der Waals surface area contributed by atoms with Crippen LogP contribution in [0.2, 0.25) is 0 Å². The fourth-order valence-corrected chi connectivity index (χ4v) is 1.94. The summed E-state index contributed by atoms with van der Waals surface area (Å²) in [7, 11) is 0. The highest BCUT2D eigenvalue weighted by Gasteiger charge is 2.08. The first kappa shape index (κ1) is 16.0. The summed E-state index contributed by atoms with van der Waals surface area (Å²) in [6.45, 7) is 1.35. The number of carbonyl (C=O) groups excluding carboxylic acids is 1. The van der Waals surface area contributed by atoms with E-state index in [1.165, 1.54) is 0 Å². The maximum absolute atomic E-state index is 11.8. The van der Waals surface area contributed by atoms with Crippen LogP contribution >= 0.6 is 15.9 Å². The van der Waals surface area contributed by atoms with Gasteiger partial charge < -0.3 is 10.1 Å². The predicted molar refractivity (Wildman–Crippen MR) is 73.6 cm³/mol. The molecule has 1 aromatic carbocycles. The van der Waals surface area contributed by atoms with E-state index >= 15 is 0 Å². The largest absolute Gasteiger partial charge is 0.375 e. The van der Waals surface area contributed by atoms with Gasteiger partial charge in [0.15, 0.2) is 0 Å². The summed E-state index contributed by atoms with van der Waals surface area (Å²) in [5.41, 5.74) is 1.75. The molecule has 0 atom stereocenters. The second-order valence-corrected chi connectivity index (χ2v) is 4.83. The molecule has 0 aliphatic rings. The van der Waals surface area contributed by atoms with Crippen molar-refractivity contribution in [3.63, 3.8) is 0 Å². The lowest BCUT2D eigenvalue weighted by atomic mass is 10.1. The van der Waals surface area contributed by atoms with Crippen LogP contribution in [0.4, 0.5) is 14.5 Å². The molecular weight excluding hydrogens is 320 g/mol. The molecule has 0 saturated carbocycles. The van der Waals surface area contributed by atoms with Crippen LogP contribution in [0.5, 0.6) is 0 Å². The Bertz CT molecular complexity index is 427. The molecule has 0 fully saturated rings. The minimum Gasteiger partial charge on any atom is -0.375 e. The first-order valence-corrected chi connectivity index (χ1v) is 6.76. The third-order valence-electron chi connectivity index (χ3n) is 2.44. The molecule has 0 aromatic heterocycles.